The van der Waals surface area contributed by atoms with Crippen molar-refractivity contribution in [2.45, 2.75) is 0 Å². The molecule has 1 heterocycles. The number of furan rings is 1. The highest BCUT2D eigenvalue weighted by Gasteiger charge is 2.15. The third-order valence-electron chi connectivity index (χ3n) is 6.72. The van der Waals surface area contributed by atoms with Crippen molar-refractivity contribution in [3.05, 3.63) is 121 Å². The second-order valence-electron chi connectivity index (χ2n) is 8.61. The number of rotatable bonds is 1. The van der Waals surface area contributed by atoms with E-state index < -0.39 is 36.3 Å². The lowest BCUT2D eigenvalue weighted by Gasteiger charge is -2.14. The van der Waals surface area contributed by atoms with Gasteiger partial charge in [-0.05, 0) is 78.4 Å². The Morgan fingerprint density at radius 1 is 0.514 bits per heavy atom. The number of hydrogen-bond acceptors (Lipinski definition) is 1. The Hall–Kier alpha value is -4.62. The fraction of sp³-hybridized carbons (Fsp3) is 0. The molecule has 0 fully saturated rings. The zero-order valence-corrected chi connectivity index (χ0v) is 18.3. The summed E-state index contributed by atoms with van der Waals surface area (Å²) in [6, 6.07) is 18.2. The minimum Gasteiger partial charge on any atom is -0.456 e. The Morgan fingerprint density at radius 3 is 2.26 bits per heavy atom. The quantitative estimate of drug-likeness (QED) is 0.178. The van der Waals surface area contributed by atoms with E-state index in [1.807, 2.05) is 60.7 Å². The van der Waals surface area contributed by atoms with Gasteiger partial charge in [-0.2, -0.15) is 0 Å². The molecule has 0 unspecified atom stereocenters. The van der Waals surface area contributed by atoms with E-state index in [4.69, 9.17) is 15.4 Å². The van der Waals surface area contributed by atoms with Crippen LogP contribution in [0.15, 0.2) is 126 Å². The molecule has 0 atom stereocenters. The Morgan fingerprint density at radius 2 is 1.31 bits per heavy atom. The predicted molar refractivity (Wildman–Crippen MR) is 149 cm³/mol. The summed E-state index contributed by atoms with van der Waals surface area (Å²) in [4.78, 5) is 0. The van der Waals surface area contributed by atoms with Crippen molar-refractivity contribution in [3.8, 4) is 11.1 Å². The van der Waals surface area contributed by atoms with Gasteiger partial charge in [0.1, 0.15) is 11.2 Å². The maximum absolute atomic E-state index is 9.58. The third-order valence-corrected chi connectivity index (χ3v) is 6.72. The lowest BCUT2D eigenvalue weighted by atomic mass is 9.89. The van der Waals surface area contributed by atoms with Gasteiger partial charge in [0.05, 0.1) is 12.3 Å². The van der Waals surface area contributed by atoms with Gasteiger partial charge in [0.15, 0.2) is 0 Å². The summed E-state index contributed by atoms with van der Waals surface area (Å²) < 4.78 is 84.8. The maximum Gasteiger partial charge on any atom is 0.136 e. The fourth-order valence-electron chi connectivity index (χ4n) is 5.17. The van der Waals surface area contributed by atoms with Crippen molar-refractivity contribution < 1.29 is 16.8 Å². The molecule has 0 N–H and O–H groups in total. The molecule has 0 aliphatic heterocycles. The van der Waals surface area contributed by atoms with E-state index in [-0.39, 0.29) is 56.4 Å². The molecule has 0 amide bonds. The normalized spacial score (nSPS) is 15.6. The van der Waals surface area contributed by atoms with Crippen LogP contribution in [0.4, 0.5) is 0 Å². The van der Waals surface area contributed by atoms with Crippen LogP contribution in [0.1, 0.15) is 12.3 Å². The molecule has 0 aliphatic carbocycles. The first kappa shape index (κ1) is 12.2. The Bertz CT molecular complexity index is 2600. The predicted octanol–water partition coefficient (Wildman–Crippen LogP) is 9.87. The average molecular weight is 454 g/mol. The molecule has 35 heavy (non-hydrogen) atoms. The van der Waals surface area contributed by atoms with Crippen LogP contribution in [0.5, 0.6) is 0 Å². The molecule has 1 aromatic heterocycles. The second kappa shape index (κ2) is 6.94. The van der Waals surface area contributed by atoms with Crippen molar-refractivity contribution in [2.24, 2.45) is 0 Å². The highest BCUT2D eigenvalue weighted by molar-refractivity contribution is 6.22. The van der Waals surface area contributed by atoms with E-state index in [1.54, 1.807) is 0 Å². The minimum atomic E-state index is -0.529. The fourth-order valence-corrected chi connectivity index (χ4v) is 5.17. The molecule has 0 spiro atoms. The summed E-state index contributed by atoms with van der Waals surface area (Å²) in [6.45, 7) is 0. The summed E-state index contributed by atoms with van der Waals surface area (Å²) in [6.07, 6.45) is 0. The molecular formula is C34H20O. The Balaban J connectivity index is 1.65. The van der Waals surface area contributed by atoms with Gasteiger partial charge in [0, 0.05) is 10.8 Å². The molecule has 1 heteroatoms. The van der Waals surface area contributed by atoms with E-state index in [1.165, 1.54) is 0 Å². The van der Waals surface area contributed by atoms with Gasteiger partial charge in [0.25, 0.3) is 0 Å². The average Bonchev–Trinajstić information content (AvgIpc) is 3.44. The van der Waals surface area contributed by atoms with Crippen LogP contribution in [-0.2, 0) is 0 Å². The van der Waals surface area contributed by atoms with Gasteiger partial charge in [-0.1, -0.05) is 96.9 Å². The van der Waals surface area contributed by atoms with Gasteiger partial charge >= 0.3 is 0 Å². The van der Waals surface area contributed by atoms with E-state index in [2.05, 4.69) is 6.07 Å². The Labute approximate surface area is 214 Å². The number of fused-ring (bicyclic) bond motifs is 9. The number of benzene rings is 7. The lowest BCUT2D eigenvalue weighted by molar-refractivity contribution is 0.669. The molecule has 8 aromatic rings. The van der Waals surface area contributed by atoms with Crippen LogP contribution < -0.4 is 0 Å². The summed E-state index contributed by atoms with van der Waals surface area (Å²) in [5, 5.41) is 5.36. The second-order valence-corrected chi connectivity index (χ2v) is 8.61. The van der Waals surface area contributed by atoms with Crippen molar-refractivity contribution in [3.63, 3.8) is 0 Å². The van der Waals surface area contributed by atoms with E-state index >= 15 is 0 Å². The topological polar surface area (TPSA) is 13.1 Å². The van der Waals surface area contributed by atoms with E-state index in [0.717, 1.165) is 32.3 Å². The molecule has 7 aromatic carbocycles. The van der Waals surface area contributed by atoms with Crippen molar-refractivity contribution in [2.75, 3.05) is 0 Å². The SMILES string of the molecule is [2H]c1c(-c2c3ccccc3cc3c2ccc2ccccc23)c([2H])c2c(oc3c([2H])c([2H])c4c([2H])c([2H])c([2H])c([2H])c4c32)c1[2H]. The minimum absolute atomic E-state index is 0.0453. The molecule has 162 valence electrons. The van der Waals surface area contributed by atoms with Gasteiger partial charge in [0.2, 0.25) is 0 Å². The zero-order valence-electron chi connectivity index (χ0n) is 27.3. The molecule has 0 bridgehead atoms. The molecule has 0 aliphatic rings. The molecule has 1 nitrogen and oxygen atoms in total. The summed E-state index contributed by atoms with van der Waals surface area (Å²) in [7, 11) is 0. The molecule has 0 saturated heterocycles. The summed E-state index contributed by atoms with van der Waals surface area (Å²) in [5.74, 6) is 0. The van der Waals surface area contributed by atoms with Crippen LogP contribution in [0.2, 0.25) is 0 Å². The highest BCUT2D eigenvalue weighted by atomic mass is 16.3. The van der Waals surface area contributed by atoms with Crippen LogP contribution >= 0.6 is 0 Å². The number of hydrogen-bond donors (Lipinski definition) is 0. The standard InChI is InChI=1S/C34H20O/c1-4-10-25-21(7-1)13-16-28-29(25)19-23-9-3-6-12-27(23)33(28)24-15-17-31-30(20-24)34-26-11-5-2-8-22(26)14-18-32(34)35-31/h1-20H/i2D,5D,8D,11D,14D,15D,17D,18D,20D. The first-order chi connectivity index (χ1) is 21.1. The zero-order chi connectivity index (χ0) is 30.8. The first-order valence-corrected chi connectivity index (χ1v) is 11.3. The Kier molecular flexibility index (Phi) is 2.42. The smallest absolute Gasteiger partial charge is 0.136 e. The van der Waals surface area contributed by atoms with Crippen molar-refractivity contribution in [1.82, 2.24) is 0 Å². The first-order valence-electron chi connectivity index (χ1n) is 15.8. The van der Waals surface area contributed by atoms with Gasteiger partial charge in [-0.25, -0.2) is 0 Å². The monoisotopic (exact) mass is 453 g/mol. The van der Waals surface area contributed by atoms with E-state index in [9.17, 15) is 1.37 Å². The van der Waals surface area contributed by atoms with Crippen LogP contribution in [0, 0.1) is 0 Å². The van der Waals surface area contributed by atoms with Crippen LogP contribution in [0.3, 0.4) is 0 Å². The van der Waals surface area contributed by atoms with Crippen LogP contribution in [0.25, 0.3) is 76.2 Å². The third kappa shape index (κ3) is 2.64. The van der Waals surface area contributed by atoms with E-state index in [0.29, 0.717) is 5.56 Å². The molecule has 0 radical (unpaired) electrons. The highest BCUT2D eigenvalue weighted by Crippen LogP contribution is 2.42. The largest absolute Gasteiger partial charge is 0.456 e. The maximum atomic E-state index is 9.58. The van der Waals surface area contributed by atoms with Gasteiger partial charge in [-0.15, -0.1) is 0 Å². The van der Waals surface area contributed by atoms with Crippen molar-refractivity contribution in [1.29, 1.82) is 0 Å². The molecular weight excluding hydrogens is 424 g/mol. The summed E-state index contributed by atoms with van der Waals surface area (Å²) >= 11 is 0. The summed E-state index contributed by atoms with van der Waals surface area (Å²) in [5.41, 5.74) is 0.479. The van der Waals surface area contributed by atoms with Gasteiger partial charge in [-0.3, -0.25) is 0 Å². The van der Waals surface area contributed by atoms with Crippen LogP contribution in [-0.4, -0.2) is 0 Å². The lowest BCUT2D eigenvalue weighted by Crippen LogP contribution is -1.87. The van der Waals surface area contributed by atoms with Crippen molar-refractivity contribution >= 4 is 65.0 Å². The molecule has 8 rings (SSSR count). The molecule has 0 saturated carbocycles. The van der Waals surface area contributed by atoms with Gasteiger partial charge < -0.3 is 4.42 Å².